The van der Waals surface area contributed by atoms with Crippen LogP contribution in [0, 0.1) is 0 Å². The van der Waals surface area contributed by atoms with Crippen LogP contribution in [0.4, 0.5) is 10.7 Å². The Bertz CT molecular complexity index is 1160. The molecule has 2 aromatic heterocycles. The second-order valence-corrected chi connectivity index (χ2v) is 8.47. The lowest BCUT2D eigenvalue weighted by molar-refractivity contribution is 0.171. The minimum atomic E-state index is -0.653. The van der Waals surface area contributed by atoms with Crippen molar-refractivity contribution >= 4 is 35.2 Å². The van der Waals surface area contributed by atoms with Gasteiger partial charge in [0.05, 0.1) is 47.7 Å². The lowest BCUT2D eigenvalue weighted by atomic mass is 10.0. The van der Waals surface area contributed by atoms with E-state index in [1.165, 1.54) is 0 Å². The molecule has 0 fully saturated rings. The average molecular weight is 492 g/mol. The molecule has 1 atom stereocenters. The number of urea groups is 1. The summed E-state index contributed by atoms with van der Waals surface area (Å²) in [7, 11) is 0. The first-order valence-corrected chi connectivity index (χ1v) is 11.0. The average Bonchev–Trinajstić information content (AvgIpc) is 3.41. The SMILES string of the molecule is C[C@@H](O)CNC(=O)N1Cc2nc(N)nc(-c3c(Cl)cc(Cl)cc3OCCn3cccn3)c2C1. The number of anilines is 1. The van der Waals surface area contributed by atoms with Crippen molar-refractivity contribution in [3.63, 3.8) is 0 Å². The van der Waals surface area contributed by atoms with Gasteiger partial charge < -0.3 is 25.8 Å². The highest BCUT2D eigenvalue weighted by atomic mass is 35.5. The van der Waals surface area contributed by atoms with Crippen molar-refractivity contribution in [2.45, 2.75) is 32.7 Å². The molecule has 2 amide bonds. The van der Waals surface area contributed by atoms with Gasteiger partial charge in [0, 0.05) is 29.5 Å². The van der Waals surface area contributed by atoms with Crippen molar-refractivity contribution in [3.05, 3.63) is 51.9 Å². The number of hydrogen-bond acceptors (Lipinski definition) is 7. The van der Waals surface area contributed by atoms with E-state index in [0.717, 1.165) is 5.56 Å². The van der Waals surface area contributed by atoms with Gasteiger partial charge in [0.25, 0.3) is 0 Å². The Morgan fingerprint density at radius 2 is 2.15 bits per heavy atom. The summed E-state index contributed by atoms with van der Waals surface area (Å²) in [4.78, 5) is 22.8. The van der Waals surface area contributed by atoms with Crippen LogP contribution in [-0.2, 0) is 19.6 Å². The van der Waals surface area contributed by atoms with E-state index in [2.05, 4.69) is 20.4 Å². The molecule has 33 heavy (non-hydrogen) atoms. The van der Waals surface area contributed by atoms with E-state index in [1.807, 2.05) is 12.3 Å². The second-order valence-electron chi connectivity index (χ2n) is 7.63. The number of amides is 2. The van der Waals surface area contributed by atoms with Gasteiger partial charge in [0.2, 0.25) is 5.95 Å². The van der Waals surface area contributed by atoms with Crippen molar-refractivity contribution in [2.24, 2.45) is 0 Å². The largest absolute Gasteiger partial charge is 0.491 e. The van der Waals surface area contributed by atoms with Crippen molar-refractivity contribution in [3.8, 4) is 17.0 Å². The number of fused-ring (bicyclic) bond motifs is 1. The zero-order valence-corrected chi connectivity index (χ0v) is 19.3. The first kappa shape index (κ1) is 23.1. The molecule has 0 saturated heterocycles. The second kappa shape index (κ2) is 9.82. The number of carbonyl (C=O) groups excluding carboxylic acids is 1. The normalized spacial score (nSPS) is 13.6. The van der Waals surface area contributed by atoms with E-state index in [9.17, 15) is 9.90 Å². The summed E-state index contributed by atoms with van der Waals surface area (Å²) in [6, 6.07) is 4.78. The number of ether oxygens (including phenoxy) is 1. The van der Waals surface area contributed by atoms with Crippen molar-refractivity contribution in [1.29, 1.82) is 0 Å². The van der Waals surface area contributed by atoms with Crippen LogP contribution in [0.2, 0.25) is 10.0 Å². The third-order valence-corrected chi connectivity index (χ3v) is 5.54. The van der Waals surface area contributed by atoms with Gasteiger partial charge in [-0.25, -0.2) is 14.8 Å². The number of halogens is 2. The van der Waals surface area contributed by atoms with E-state index >= 15 is 0 Å². The number of nitrogen functional groups attached to an aromatic ring is 1. The highest BCUT2D eigenvalue weighted by molar-refractivity contribution is 6.37. The lowest BCUT2D eigenvalue weighted by Crippen LogP contribution is -2.39. The third-order valence-electron chi connectivity index (χ3n) is 5.03. The van der Waals surface area contributed by atoms with Gasteiger partial charge in [-0.05, 0) is 25.1 Å². The summed E-state index contributed by atoms with van der Waals surface area (Å²) in [6.07, 6.45) is 2.88. The molecule has 0 unspecified atom stereocenters. The number of carbonyl (C=O) groups is 1. The molecule has 3 heterocycles. The van der Waals surface area contributed by atoms with Crippen LogP contribution >= 0.6 is 23.2 Å². The van der Waals surface area contributed by atoms with E-state index in [1.54, 1.807) is 34.8 Å². The van der Waals surface area contributed by atoms with Crippen LogP contribution in [0.1, 0.15) is 18.2 Å². The van der Waals surface area contributed by atoms with Crippen molar-refractivity contribution in [2.75, 3.05) is 18.9 Å². The Hall–Kier alpha value is -3.08. The summed E-state index contributed by atoms with van der Waals surface area (Å²) in [6.45, 7) is 3.09. The number of nitrogens with one attached hydrogen (secondary N) is 1. The van der Waals surface area contributed by atoms with Gasteiger partial charge in [0.1, 0.15) is 12.4 Å². The fourth-order valence-corrected chi connectivity index (χ4v) is 4.11. The lowest BCUT2D eigenvalue weighted by Gasteiger charge is -2.17. The number of aliphatic hydroxyl groups is 1. The number of aliphatic hydroxyl groups excluding tert-OH is 1. The third kappa shape index (κ3) is 5.29. The monoisotopic (exact) mass is 491 g/mol. The smallest absolute Gasteiger partial charge is 0.318 e. The van der Waals surface area contributed by atoms with Crippen molar-refractivity contribution < 1.29 is 14.6 Å². The molecule has 10 nitrogen and oxygen atoms in total. The van der Waals surface area contributed by atoms with Crippen LogP contribution in [0.3, 0.4) is 0 Å². The first-order chi connectivity index (χ1) is 15.8. The number of benzene rings is 1. The highest BCUT2D eigenvalue weighted by Crippen LogP contribution is 2.42. The molecule has 0 aliphatic carbocycles. The molecule has 0 radical (unpaired) electrons. The van der Waals surface area contributed by atoms with Gasteiger partial charge in [-0.3, -0.25) is 4.68 Å². The minimum Gasteiger partial charge on any atom is -0.491 e. The zero-order chi connectivity index (χ0) is 23.5. The standard InChI is InChI=1S/C21H23Cl2N7O3/c1-12(31)9-25-21(32)29-10-14-16(11-29)27-20(24)28-19(14)18-15(23)7-13(22)8-17(18)33-6-5-30-4-2-3-26-30/h2-4,7-8,12,31H,5-6,9-11H2,1H3,(H,25,32)(H2,24,27,28)/t12-/m1/s1. The Morgan fingerprint density at radius 3 is 2.88 bits per heavy atom. The molecule has 4 N–H and O–H groups in total. The zero-order valence-electron chi connectivity index (χ0n) is 17.8. The van der Waals surface area contributed by atoms with Crippen molar-refractivity contribution in [1.82, 2.24) is 30.0 Å². The Balaban J connectivity index is 1.64. The molecule has 3 aromatic rings. The topological polar surface area (TPSA) is 131 Å². The summed E-state index contributed by atoms with van der Waals surface area (Å²) >= 11 is 12.8. The molecule has 0 saturated carbocycles. The van der Waals surface area contributed by atoms with E-state index in [4.69, 9.17) is 33.7 Å². The van der Waals surface area contributed by atoms with Crippen LogP contribution < -0.4 is 15.8 Å². The highest BCUT2D eigenvalue weighted by Gasteiger charge is 2.30. The number of nitrogens with zero attached hydrogens (tertiary/aromatic N) is 5. The Kier molecular flexibility index (Phi) is 6.87. The van der Waals surface area contributed by atoms with Crippen LogP contribution in [-0.4, -0.2) is 55.0 Å². The van der Waals surface area contributed by atoms with Crippen LogP contribution in [0.5, 0.6) is 5.75 Å². The summed E-state index contributed by atoms with van der Waals surface area (Å²) < 4.78 is 7.76. The Morgan fingerprint density at radius 1 is 1.33 bits per heavy atom. The van der Waals surface area contributed by atoms with Crippen LogP contribution in [0.15, 0.2) is 30.6 Å². The summed E-state index contributed by atoms with van der Waals surface area (Å²) in [5.41, 5.74) is 8.34. The number of aromatic nitrogens is 4. The molecule has 1 aliphatic rings. The maximum Gasteiger partial charge on any atom is 0.318 e. The first-order valence-electron chi connectivity index (χ1n) is 10.3. The molecule has 0 spiro atoms. The molecular formula is C21H23Cl2N7O3. The maximum atomic E-state index is 12.5. The van der Waals surface area contributed by atoms with Gasteiger partial charge >= 0.3 is 6.03 Å². The Labute approximate surface area is 200 Å². The summed E-state index contributed by atoms with van der Waals surface area (Å²) in [5.74, 6) is 0.500. The quantitative estimate of drug-likeness (QED) is 0.462. The van der Waals surface area contributed by atoms with Gasteiger partial charge in [-0.1, -0.05) is 23.2 Å². The molecule has 174 valence electrons. The fourth-order valence-electron chi connectivity index (χ4n) is 3.55. The predicted octanol–water partition coefficient (Wildman–Crippen LogP) is 2.71. The number of nitrogens with two attached hydrogens (primary N) is 1. The molecule has 1 aromatic carbocycles. The van der Waals surface area contributed by atoms with Gasteiger partial charge in [0.15, 0.2) is 0 Å². The van der Waals surface area contributed by atoms with E-state index in [0.29, 0.717) is 45.9 Å². The molecule has 12 heteroatoms. The number of rotatable bonds is 7. The van der Waals surface area contributed by atoms with E-state index < -0.39 is 6.10 Å². The van der Waals surface area contributed by atoms with Crippen LogP contribution in [0.25, 0.3) is 11.3 Å². The minimum absolute atomic E-state index is 0.0588. The maximum absolute atomic E-state index is 12.5. The van der Waals surface area contributed by atoms with Gasteiger partial charge in [-0.15, -0.1) is 0 Å². The molecule has 1 aliphatic heterocycles. The molecule has 0 bridgehead atoms. The van der Waals surface area contributed by atoms with E-state index in [-0.39, 0.29) is 31.6 Å². The van der Waals surface area contributed by atoms with Gasteiger partial charge in [-0.2, -0.15) is 5.10 Å². The molecular weight excluding hydrogens is 469 g/mol. The fraction of sp³-hybridized carbons (Fsp3) is 0.333. The predicted molar refractivity (Wildman–Crippen MR) is 124 cm³/mol. The number of hydrogen-bond donors (Lipinski definition) is 3. The molecule has 4 rings (SSSR count). The summed E-state index contributed by atoms with van der Waals surface area (Å²) in [5, 5.41) is 17.0.